The minimum Gasteiger partial charge on any atom is -0.384 e. The Morgan fingerprint density at radius 2 is 1.81 bits per heavy atom. The zero-order chi connectivity index (χ0) is 19.6. The number of hydrogen-bond donors (Lipinski definition) is 1. The number of benzene rings is 1. The third-order valence-corrected chi connectivity index (χ3v) is 3.67. The smallest absolute Gasteiger partial charge is 0.384 e. The Morgan fingerprint density at radius 1 is 1.23 bits per heavy atom. The number of aromatic nitrogens is 1. The molecule has 0 amide bonds. The number of carbonyl (C=O) groups is 1. The number of rotatable bonds is 5. The largest absolute Gasteiger partial charge is 0.434 e. The highest BCUT2D eigenvalue weighted by Gasteiger charge is 2.41. The maximum Gasteiger partial charge on any atom is 0.434 e. The number of nitrogens with zero attached hydrogens (tertiary/aromatic N) is 1. The average molecular weight is 371 g/mol. The summed E-state index contributed by atoms with van der Waals surface area (Å²) in [5.41, 5.74) is -4.75. The maximum absolute atomic E-state index is 13.5. The number of alkyl halides is 5. The van der Waals surface area contributed by atoms with E-state index in [-0.39, 0.29) is 5.56 Å². The topological polar surface area (TPSA) is 50.2 Å². The van der Waals surface area contributed by atoms with Crippen molar-refractivity contribution >= 4 is 5.78 Å². The summed E-state index contributed by atoms with van der Waals surface area (Å²) in [6, 6.07) is 7.23. The second-order valence-electron chi connectivity index (χ2n) is 5.41. The Hall–Kier alpha value is -2.61. The van der Waals surface area contributed by atoms with Gasteiger partial charge in [0, 0.05) is 11.1 Å². The van der Waals surface area contributed by atoms with Crippen molar-refractivity contribution in [1.82, 2.24) is 4.98 Å². The number of aliphatic hydroxyl groups is 1. The lowest BCUT2D eigenvalue weighted by Crippen LogP contribution is -2.20. The van der Waals surface area contributed by atoms with Crippen LogP contribution >= 0.6 is 0 Å². The van der Waals surface area contributed by atoms with Crippen molar-refractivity contribution < 1.29 is 31.9 Å². The molecule has 2 aromatic rings. The van der Waals surface area contributed by atoms with E-state index in [2.05, 4.69) is 11.6 Å². The lowest BCUT2D eigenvalue weighted by molar-refractivity contribution is -0.141. The van der Waals surface area contributed by atoms with E-state index in [9.17, 15) is 31.9 Å². The van der Waals surface area contributed by atoms with Crippen LogP contribution in [0.1, 0.15) is 46.8 Å². The van der Waals surface area contributed by atoms with Crippen molar-refractivity contribution in [2.24, 2.45) is 0 Å². The van der Waals surface area contributed by atoms with E-state index in [0.717, 1.165) is 13.0 Å². The van der Waals surface area contributed by atoms with E-state index in [1.807, 2.05) is 0 Å². The van der Waals surface area contributed by atoms with Gasteiger partial charge in [0.25, 0.3) is 6.43 Å². The van der Waals surface area contributed by atoms with E-state index in [1.165, 1.54) is 24.3 Å². The van der Waals surface area contributed by atoms with Crippen molar-refractivity contribution in [2.45, 2.75) is 25.6 Å². The highest BCUT2D eigenvalue weighted by Crippen LogP contribution is 2.43. The van der Waals surface area contributed by atoms with E-state index >= 15 is 0 Å². The molecule has 8 heteroatoms. The van der Waals surface area contributed by atoms with Crippen molar-refractivity contribution in [3.63, 3.8) is 0 Å². The Labute approximate surface area is 145 Å². The molecule has 1 heterocycles. The van der Waals surface area contributed by atoms with Crippen LogP contribution in [0.15, 0.2) is 43.0 Å². The molecule has 1 aromatic heterocycles. The van der Waals surface area contributed by atoms with Crippen LogP contribution in [0.4, 0.5) is 22.0 Å². The molecule has 0 aliphatic carbocycles. The third-order valence-electron chi connectivity index (χ3n) is 3.67. The molecule has 0 spiro atoms. The van der Waals surface area contributed by atoms with Crippen LogP contribution in [0, 0.1) is 0 Å². The molecule has 0 aliphatic rings. The van der Waals surface area contributed by atoms with Crippen molar-refractivity contribution in [3.05, 3.63) is 65.5 Å². The van der Waals surface area contributed by atoms with Gasteiger partial charge >= 0.3 is 6.18 Å². The number of halogens is 5. The standard InChI is InChI=1S/C18H14F5NO2/c1-3-11(26)14-13(10-7-5-4-6-8-10)12(9(2)25)16(18(21,22)23)24-15(14)17(19)20/h3-8,11,17,26H,1H2,2H3. The number of ketones is 1. The summed E-state index contributed by atoms with van der Waals surface area (Å²) in [6.07, 6.45) is -9.38. The Morgan fingerprint density at radius 3 is 2.23 bits per heavy atom. The Bertz CT molecular complexity index is 832. The molecule has 0 saturated heterocycles. The summed E-state index contributed by atoms with van der Waals surface area (Å²) < 4.78 is 67.2. The van der Waals surface area contributed by atoms with Gasteiger partial charge in [0.05, 0.1) is 11.7 Å². The van der Waals surface area contributed by atoms with Gasteiger partial charge < -0.3 is 5.11 Å². The molecule has 0 saturated carbocycles. The first-order valence-electron chi connectivity index (χ1n) is 7.39. The van der Waals surface area contributed by atoms with Crippen molar-refractivity contribution in [2.75, 3.05) is 0 Å². The number of carbonyl (C=O) groups excluding carboxylic acids is 1. The minimum atomic E-state index is -5.13. The second-order valence-corrected chi connectivity index (χ2v) is 5.41. The average Bonchev–Trinajstić information content (AvgIpc) is 2.58. The quantitative estimate of drug-likeness (QED) is 0.451. The van der Waals surface area contributed by atoms with Crippen LogP contribution in [0.3, 0.4) is 0 Å². The van der Waals surface area contributed by atoms with Gasteiger partial charge in [-0.15, -0.1) is 6.58 Å². The zero-order valence-electron chi connectivity index (χ0n) is 13.5. The normalized spacial score (nSPS) is 12.9. The highest BCUT2D eigenvalue weighted by molar-refractivity contribution is 6.03. The molecule has 0 aliphatic heterocycles. The molecule has 3 nitrogen and oxygen atoms in total. The lowest BCUT2D eigenvalue weighted by atomic mass is 9.88. The minimum absolute atomic E-state index is 0.0726. The fourth-order valence-electron chi connectivity index (χ4n) is 2.65. The van der Waals surface area contributed by atoms with Gasteiger partial charge in [-0.25, -0.2) is 13.8 Å². The molecule has 1 atom stereocenters. The van der Waals surface area contributed by atoms with Crippen LogP contribution in [0.25, 0.3) is 11.1 Å². The molecule has 2 rings (SSSR count). The first-order valence-corrected chi connectivity index (χ1v) is 7.39. The molecule has 0 radical (unpaired) electrons. The van der Waals surface area contributed by atoms with Gasteiger partial charge in [0.15, 0.2) is 11.5 Å². The molecule has 1 aromatic carbocycles. The first kappa shape index (κ1) is 19.7. The first-order chi connectivity index (χ1) is 12.1. The zero-order valence-corrected chi connectivity index (χ0v) is 13.5. The number of hydrogen-bond acceptors (Lipinski definition) is 3. The van der Waals surface area contributed by atoms with E-state index < -0.39 is 52.6 Å². The van der Waals surface area contributed by atoms with Crippen LogP contribution in [0.2, 0.25) is 0 Å². The van der Waals surface area contributed by atoms with E-state index in [1.54, 1.807) is 6.07 Å². The number of aliphatic hydroxyl groups excluding tert-OH is 1. The summed E-state index contributed by atoms with van der Waals surface area (Å²) >= 11 is 0. The fourth-order valence-corrected chi connectivity index (χ4v) is 2.65. The van der Waals surface area contributed by atoms with Gasteiger partial charge in [0.1, 0.15) is 5.69 Å². The van der Waals surface area contributed by atoms with Crippen molar-refractivity contribution in [1.29, 1.82) is 0 Å². The van der Waals surface area contributed by atoms with E-state index in [4.69, 9.17) is 0 Å². The summed E-state index contributed by atoms with van der Waals surface area (Å²) in [6.45, 7) is 4.17. The van der Waals surface area contributed by atoms with Gasteiger partial charge in [-0.2, -0.15) is 13.2 Å². The maximum atomic E-state index is 13.5. The fraction of sp³-hybridized carbons (Fsp3) is 0.222. The van der Waals surface area contributed by atoms with Gasteiger partial charge in [-0.1, -0.05) is 36.4 Å². The van der Waals surface area contributed by atoms with Gasteiger partial charge in [-0.05, 0) is 12.5 Å². The van der Waals surface area contributed by atoms with Gasteiger partial charge in [-0.3, -0.25) is 4.79 Å². The third kappa shape index (κ3) is 3.65. The Kier molecular flexibility index (Phi) is 5.56. The highest BCUT2D eigenvalue weighted by atomic mass is 19.4. The number of pyridine rings is 1. The van der Waals surface area contributed by atoms with Crippen LogP contribution in [0.5, 0.6) is 0 Å². The molecular weight excluding hydrogens is 357 g/mol. The predicted molar refractivity (Wildman–Crippen MR) is 84.8 cm³/mol. The SMILES string of the molecule is C=CC(O)c1c(C(F)F)nc(C(F)(F)F)c(C(C)=O)c1-c1ccccc1. The van der Waals surface area contributed by atoms with Crippen molar-refractivity contribution in [3.8, 4) is 11.1 Å². The van der Waals surface area contributed by atoms with E-state index in [0.29, 0.717) is 0 Å². The molecule has 1 N–H and O–H groups in total. The van der Waals surface area contributed by atoms with Crippen LogP contribution < -0.4 is 0 Å². The molecule has 0 bridgehead atoms. The van der Waals surface area contributed by atoms with Crippen LogP contribution in [-0.4, -0.2) is 15.9 Å². The summed E-state index contributed by atoms with van der Waals surface area (Å²) in [4.78, 5) is 15.0. The molecule has 26 heavy (non-hydrogen) atoms. The molecular formula is C18H14F5NO2. The summed E-state index contributed by atoms with van der Waals surface area (Å²) in [5.74, 6) is -1.01. The summed E-state index contributed by atoms with van der Waals surface area (Å²) in [7, 11) is 0. The lowest BCUT2D eigenvalue weighted by Gasteiger charge is -2.23. The molecule has 1 unspecified atom stereocenters. The summed E-state index contributed by atoms with van der Waals surface area (Å²) in [5, 5.41) is 10.1. The predicted octanol–water partition coefficient (Wildman–Crippen LogP) is 5.13. The monoisotopic (exact) mass is 371 g/mol. The number of Topliss-reactive ketones (excluding diaryl/α,β-unsaturated/α-hetero) is 1. The Balaban J connectivity index is 3.11. The second kappa shape index (κ2) is 7.33. The molecule has 138 valence electrons. The van der Waals surface area contributed by atoms with Crippen LogP contribution in [-0.2, 0) is 6.18 Å². The molecule has 0 fully saturated rings. The van der Waals surface area contributed by atoms with Gasteiger partial charge in [0.2, 0.25) is 0 Å².